The molecule has 1 aliphatic heterocycles. The summed E-state index contributed by atoms with van der Waals surface area (Å²) in [4.78, 5) is 31.0. The maximum absolute atomic E-state index is 12.8. The van der Waals surface area contributed by atoms with Gasteiger partial charge >= 0.3 is 0 Å². The van der Waals surface area contributed by atoms with E-state index in [1.165, 1.54) is 33.7 Å². The summed E-state index contributed by atoms with van der Waals surface area (Å²) in [6, 6.07) is 14.1. The summed E-state index contributed by atoms with van der Waals surface area (Å²) in [6.45, 7) is 2.00. The molecule has 8 nitrogen and oxygen atoms in total. The lowest BCUT2D eigenvalue weighted by atomic mass is 10.2. The number of amides is 1. The van der Waals surface area contributed by atoms with Crippen LogP contribution in [0.15, 0.2) is 58.2 Å². The number of rotatable bonds is 5. The van der Waals surface area contributed by atoms with Crippen molar-refractivity contribution < 1.29 is 14.3 Å². The van der Waals surface area contributed by atoms with Crippen molar-refractivity contribution in [1.82, 2.24) is 14.6 Å². The normalized spacial score (nSPS) is 12.3. The molecular weight excluding hydrogens is 436 g/mol. The average molecular weight is 453 g/mol. The van der Waals surface area contributed by atoms with Crippen LogP contribution in [0.4, 0.5) is 5.69 Å². The Bertz CT molecular complexity index is 1370. The number of hydrogen-bond donors (Lipinski definition) is 1. The van der Waals surface area contributed by atoms with Gasteiger partial charge in [-0.3, -0.25) is 9.59 Å². The summed E-state index contributed by atoms with van der Waals surface area (Å²) in [6.07, 6.45) is 0. The quantitative estimate of drug-likeness (QED) is 0.461. The van der Waals surface area contributed by atoms with Crippen molar-refractivity contribution >= 4 is 39.7 Å². The Kier molecular flexibility index (Phi) is 5.08. The van der Waals surface area contributed by atoms with Gasteiger partial charge in [0.05, 0.1) is 11.4 Å². The largest absolute Gasteiger partial charge is 0.454 e. The molecule has 10 heteroatoms. The lowest BCUT2D eigenvalue weighted by molar-refractivity contribution is 0.102. The molecule has 3 heterocycles. The highest BCUT2D eigenvalue weighted by Crippen LogP contribution is 2.33. The number of nitrogens with zero attached hydrogens (tertiary/aromatic N) is 3. The van der Waals surface area contributed by atoms with Crippen LogP contribution in [-0.2, 0) is 5.75 Å². The van der Waals surface area contributed by atoms with Crippen molar-refractivity contribution in [2.75, 3.05) is 12.1 Å². The first-order valence-electron chi connectivity index (χ1n) is 9.36. The molecule has 0 atom stereocenters. The molecule has 0 unspecified atom stereocenters. The second kappa shape index (κ2) is 8.05. The lowest BCUT2D eigenvalue weighted by Crippen LogP contribution is -2.15. The Balaban J connectivity index is 1.33. The van der Waals surface area contributed by atoms with Gasteiger partial charge in [0.1, 0.15) is 5.01 Å². The first-order valence-corrected chi connectivity index (χ1v) is 11.2. The van der Waals surface area contributed by atoms with E-state index < -0.39 is 0 Å². The van der Waals surface area contributed by atoms with E-state index in [1.54, 1.807) is 18.2 Å². The SMILES string of the molecule is Cc1nn2c(=O)cc(CSc3ccccc3NC(=O)c3ccc4c(c3)OCO4)nc2s1. The molecule has 0 saturated carbocycles. The Morgan fingerprint density at radius 2 is 2.03 bits per heavy atom. The van der Waals surface area contributed by atoms with Crippen LogP contribution >= 0.6 is 23.1 Å². The molecule has 1 N–H and O–H groups in total. The molecule has 2 aromatic heterocycles. The summed E-state index contributed by atoms with van der Waals surface area (Å²) in [5, 5.41) is 7.89. The highest BCUT2D eigenvalue weighted by atomic mass is 32.2. The van der Waals surface area contributed by atoms with Gasteiger partial charge in [0, 0.05) is 22.3 Å². The third-order valence-electron chi connectivity index (χ3n) is 4.54. The van der Waals surface area contributed by atoms with Crippen LogP contribution in [0, 0.1) is 6.92 Å². The maximum atomic E-state index is 12.8. The molecule has 0 fully saturated rings. The Labute approximate surface area is 184 Å². The molecule has 31 heavy (non-hydrogen) atoms. The summed E-state index contributed by atoms with van der Waals surface area (Å²) in [5.74, 6) is 1.43. The molecular formula is C21H16N4O4S2. The minimum atomic E-state index is -0.246. The van der Waals surface area contributed by atoms with Gasteiger partial charge in [-0.25, -0.2) is 4.98 Å². The molecule has 0 aliphatic carbocycles. The minimum absolute atomic E-state index is 0.157. The van der Waals surface area contributed by atoms with Crippen molar-refractivity contribution in [3.05, 3.63) is 75.1 Å². The molecule has 0 radical (unpaired) electrons. The molecule has 0 spiro atoms. The summed E-state index contributed by atoms with van der Waals surface area (Å²) < 4.78 is 12.0. The highest BCUT2D eigenvalue weighted by molar-refractivity contribution is 7.98. The number of nitrogens with one attached hydrogen (secondary N) is 1. The number of anilines is 1. The monoisotopic (exact) mass is 452 g/mol. The average Bonchev–Trinajstić information content (AvgIpc) is 3.38. The molecule has 0 saturated heterocycles. The summed E-state index contributed by atoms with van der Waals surface area (Å²) in [5.41, 5.74) is 1.62. The highest BCUT2D eigenvalue weighted by Gasteiger charge is 2.17. The van der Waals surface area contributed by atoms with Crippen molar-refractivity contribution in [2.24, 2.45) is 0 Å². The fraction of sp³-hybridized carbons (Fsp3) is 0.143. The number of benzene rings is 2. The van der Waals surface area contributed by atoms with Crippen LogP contribution < -0.4 is 20.3 Å². The van der Waals surface area contributed by atoms with Crippen LogP contribution in [-0.4, -0.2) is 27.3 Å². The first kappa shape index (κ1) is 19.6. The topological polar surface area (TPSA) is 94.8 Å². The smallest absolute Gasteiger partial charge is 0.275 e. The van der Waals surface area contributed by atoms with E-state index in [0.717, 1.165) is 9.90 Å². The first-order chi connectivity index (χ1) is 15.1. The minimum Gasteiger partial charge on any atom is -0.454 e. The van der Waals surface area contributed by atoms with E-state index >= 15 is 0 Å². The number of fused-ring (bicyclic) bond motifs is 2. The molecule has 1 aliphatic rings. The number of aromatic nitrogens is 3. The summed E-state index contributed by atoms with van der Waals surface area (Å²) >= 11 is 2.87. The molecule has 2 aromatic carbocycles. The zero-order valence-electron chi connectivity index (χ0n) is 16.3. The third-order valence-corrected chi connectivity index (χ3v) is 6.48. The van der Waals surface area contributed by atoms with Crippen molar-refractivity contribution in [3.63, 3.8) is 0 Å². The van der Waals surface area contributed by atoms with Crippen LogP contribution in [0.25, 0.3) is 4.96 Å². The van der Waals surface area contributed by atoms with Crippen molar-refractivity contribution in [3.8, 4) is 11.5 Å². The second-order valence-corrected chi connectivity index (χ2v) is 8.89. The van der Waals surface area contributed by atoms with Gasteiger partial charge < -0.3 is 14.8 Å². The van der Waals surface area contributed by atoms with Crippen LogP contribution in [0.2, 0.25) is 0 Å². The van der Waals surface area contributed by atoms with Gasteiger partial charge in [0.25, 0.3) is 11.5 Å². The number of hydrogen-bond acceptors (Lipinski definition) is 8. The van der Waals surface area contributed by atoms with E-state index in [2.05, 4.69) is 15.4 Å². The van der Waals surface area contributed by atoms with Gasteiger partial charge in [0.15, 0.2) is 11.5 Å². The van der Waals surface area contributed by atoms with Crippen molar-refractivity contribution in [1.29, 1.82) is 0 Å². The number of para-hydroxylation sites is 1. The zero-order valence-corrected chi connectivity index (χ0v) is 18.0. The van der Waals surface area contributed by atoms with E-state index in [4.69, 9.17) is 9.47 Å². The Morgan fingerprint density at radius 1 is 1.19 bits per heavy atom. The molecule has 156 valence electrons. The number of aryl methyl sites for hydroxylation is 1. The molecule has 4 aromatic rings. The third kappa shape index (κ3) is 3.99. The van der Waals surface area contributed by atoms with Crippen molar-refractivity contribution in [2.45, 2.75) is 17.6 Å². The van der Waals surface area contributed by atoms with Crippen LogP contribution in [0.3, 0.4) is 0 Å². The lowest BCUT2D eigenvalue weighted by Gasteiger charge is -2.11. The number of carbonyl (C=O) groups is 1. The van der Waals surface area contributed by atoms with Gasteiger partial charge in [-0.15, -0.1) is 11.8 Å². The Hall–Kier alpha value is -3.37. The second-order valence-electron chi connectivity index (χ2n) is 6.71. The molecule has 1 amide bonds. The predicted molar refractivity (Wildman–Crippen MR) is 118 cm³/mol. The maximum Gasteiger partial charge on any atom is 0.275 e. The Morgan fingerprint density at radius 3 is 2.94 bits per heavy atom. The zero-order chi connectivity index (χ0) is 21.4. The predicted octanol–water partition coefficient (Wildman–Crippen LogP) is 3.73. The van der Waals surface area contributed by atoms with Gasteiger partial charge in [0.2, 0.25) is 11.8 Å². The number of carbonyl (C=O) groups excluding carboxylic acids is 1. The van der Waals surface area contributed by atoms with E-state index in [9.17, 15) is 9.59 Å². The van der Waals surface area contributed by atoms with Crippen LogP contribution in [0.5, 0.6) is 11.5 Å². The van der Waals surface area contributed by atoms with Gasteiger partial charge in [-0.1, -0.05) is 23.5 Å². The van der Waals surface area contributed by atoms with E-state index in [-0.39, 0.29) is 18.3 Å². The number of thioether (sulfide) groups is 1. The standard InChI is InChI=1S/C21H16N4O4S2/c1-12-24-25-19(26)9-14(22-21(25)31-12)10-30-18-5-3-2-4-15(18)23-20(27)13-6-7-16-17(8-13)29-11-28-16/h2-9H,10-11H2,1H3,(H,23,27). The van der Waals surface area contributed by atoms with Crippen LogP contribution in [0.1, 0.15) is 21.1 Å². The number of ether oxygens (including phenoxy) is 2. The molecule has 5 rings (SSSR count). The van der Waals surface area contributed by atoms with Gasteiger partial charge in [-0.2, -0.15) is 9.61 Å². The fourth-order valence-electron chi connectivity index (χ4n) is 3.11. The van der Waals surface area contributed by atoms with E-state index in [0.29, 0.717) is 39.2 Å². The molecule has 0 bridgehead atoms. The summed E-state index contributed by atoms with van der Waals surface area (Å²) in [7, 11) is 0. The van der Waals surface area contributed by atoms with E-state index in [1.807, 2.05) is 31.2 Å². The fourth-order valence-corrected chi connectivity index (χ4v) is 4.77. The van der Waals surface area contributed by atoms with Gasteiger partial charge in [-0.05, 0) is 37.3 Å².